The number of furan rings is 1. The van der Waals surface area contributed by atoms with Crippen LogP contribution in [0.3, 0.4) is 0 Å². The van der Waals surface area contributed by atoms with E-state index in [1.807, 2.05) is 54.6 Å². The molecule has 0 fully saturated rings. The van der Waals surface area contributed by atoms with Crippen LogP contribution in [0.5, 0.6) is 5.75 Å². The SMILES string of the molecule is COc1cc2c(cc1NC(=O)CCCc1ccccc1)oc1ccccc12. The van der Waals surface area contributed by atoms with Gasteiger partial charge in [0.1, 0.15) is 16.9 Å². The normalized spacial score (nSPS) is 11.0. The van der Waals surface area contributed by atoms with E-state index in [4.69, 9.17) is 9.15 Å². The number of hydrogen-bond donors (Lipinski definition) is 1. The molecule has 0 saturated carbocycles. The maximum atomic E-state index is 12.4. The van der Waals surface area contributed by atoms with Crippen molar-refractivity contribution in [3.8, 4) is 5.75 Å². The van der Waals surface area contributed by atoms with Gasteiger partial charge in [-0.1, -0.05) is 48.5 Å². The number of rotatable bonds is 6. The molecule has 1 amide bonds. The molecule has 1 heterocycles. The molecule has 0 atom stereocenters. The maximum absolute atomic E-state index is 12.4. The Morgan fingerprint density at radius 2 is 1.74 bits per heavy atom. The van der Waals surface area contributed by atoms with E-state index in [0.717, 1.165) is 34.8 Å². The maximum Gasteiger partial charge on any atom is 0.224 e. The summed E-state index contributed by atoms with van der Waals surface area (Å²) in [4.78, 5) is 12.4. The van der Waals surface area contributed by atoms with Gasteiger partial charge in [-0.15, -0.1) is 0 Å². The van der Waals surface area contributed by atoms with Gasteiger partial charge in [0, 0.05) is 23.3 Å². The minimum absolute atomic E-state index is 0.0281. The predicted octanol–water partition coefficient (Wildman–Crippen LogP) is 5.56. The zero-order valence-corrected chi connectivity index (χ0v) is 15.2. The molecule has 4 rings (SSSR count). The molecule has 0 saturated heterocycles. The Hall–Kier alpha value is -3.27. The highest BCUT2D eigenvalue weighted by Crippen LogP contribution is 2.36. The summed E-state index contributed by atoms with van der Waals surface area (Å²) in [5.41, 5.74) is 3.43. The van der Waals surface area contributed by atoms with Crippen molar-refractivity contribution >= 4 is 33.5 Å². The Balaban J connectivity index is 1.50. The smallest absolute Gasteiger partial charge is 0.224 e. The molecule has 0 spiro atoms. The summed E-state index contributed by atoms with van der Waals surface area (Å²) >= 11 is 0. The molecular formula is C23H21NO3. The summed E-state index contributed by atoms with van der Waals surface area (Å²) in [6, 6.07) is 21.8. The Morgan fingerprint density at radius 3 is 2.56 bits per heavy atom. The first kappa shape index (κ1) is 17.2. The lowest BCUT2D eigenvalue weighted by molar-refractivity contribution is -0.116. The summed E-state index contributed by atoms with van der Waals surface area (Å²) < 4.78 is 11.4. The third kappa shape index (κ3) is 3.65. The number of fused-ring (bicyclic) bond motifs is 3. The number of carbonyl (C=O) groups excluding carboxylic acids is 1. The molecule has 3 aromatic carbocycles. The highest BCUT2D eigenvalue weighted by molar-refractivity contribution is 6.07. The van der Waals surface area contributed by atoms with Crippen LogP contribution in [0, 0.1) is 0 Å². The molecule has 0 radical (unpaired) electrons. The third-order valence-electron chi connectivity index (χ3n) is 4.69. The van der Waals surface area contributed by atoms with Crippen LogP contribution in [0.2, 0.25) is 0 Å². The first-order valence-corrected chi connectivity index (χ1v) is 9.07. The second kappa shape index (κ2) is 7.54. The second-order valence-corrected chi connectivity index (χ2v) is 6.53. The van der Waals surface area contributed by atoms with Gasteiger partial charge in [-0.05, 0) is 30.5 Å². The lowest BCUT2D eigenvalue weighted by Crippen LogP contribution is -2.12. The zero-order valence-electron chi connectivity index (χ0n) is 15.2. The van der Waals surface area contributed by atoms with Crippen molar-refractivity contribution in [2.45, 2.75) is 19.3 Å². The highest BCUT2D eigenvalue weighted by Gasteiger charge is 2.14. The fraction of sp³-hybridized carbons (Fsp3) is 0.174. The van der Waals surface area contributed by atoms with E-state index < -0.39 is 0 Å². The van der Waals surface area contributed by atoms with E-state index >= 15 is 0 Å². The first-order valence-electron chi connectivity index (χ1n) is 9.07. The van der Waals surface area contributed by atoms with Crippen molar-refractivity contribution in [1.29, 1.82) is 0 Å². The van der Waals surface area contributed by atoms with Crippen LogP contribution in [0.25, 0.3) is 21.9 Å². The number of aryl methyl sites for hydroxylation is 1. The van der Waals surface area contributed by atoms with E-state index in [2.05, 4.69) is 17.4 Å². The predicted molar refractivity (Wildman–Crippen MR) is 108 cm³/mol. The number of benzene rings is 3. The molecule has 0 aliphatic rings. The number of amides is 1. The Bertz CT molecular complexity index is 1080. The Morgan fingerprint density at radius 1 is 0.963 bits per heavy atom. The van der Waals surface area contributed by atoms with Crippen molar-refractivity contribution in [2.75, 3.05) is 12.4 Å². The number of methoxy groups -OCH3 is 1. The molecular weight excluding hydrogens is 338 g/mol. The number of hydrogen-bond acceptors (Lipinski definition) is 3. The van der Waals surface area contributed by atoms with Gasteiger partial charge in [-0.25, -0.2) is 0 Å². The fourth-order valence-electron chi connectivity index (χ4n) is 3.33. The fourth-order valence-corrected chi connectivity index (χ4v) is 3.33. The quantitative estimate of drug-likeness (QED) is 0.490. The molecule has 4 nitrogen and oxygen atoms in total. The van der Waals surface area contributed by atoms with Gasteiger partial charge in [-0.2, -0.15) is 0 Å². The van der Waals surface area contributed by atoms with E-state index in [1.54, 1.807) is 7.11 Å². The second-order valence-electron chi connectivity index (χ2n) is 6.53. The van der Waals surface area contributed by atoms with E-state index in [9.17, 15) is 4.79 Å². The average molecular weight is 359 g/mol. The molecule has 4 heteroatoms. The van der Waals surface area contributed by atoms with E-state index in [-0.39, 0.29) is 5.91 Å². The van der Waals surface area contributed by atoms with Crippen LogP contribution in [-0.4, -0.2) is 13.0 Å². The van der Waals surface area contributed by atoms with Crippen LogP contribution in [0.1, 0.15) is 18.4 Å². The van der Waals surface area contributed by atoms with Gasteiger partial charge < -0.3 is 14.5 Å². The van der Waals surface area contributed by atoms with Crippen LogP contribution < -0.4 is 10.1 Å². The molecule has 0 aliphatic heterocycles. The van der Waals surface area contributed by atoms with Crippen molar-refractivity contribution in [3.63, 3.8) is 0 Å². The molecule has 0 bridgehead atoms. The summed E-state index contributed by atoms with van der Waals surface area (Å²) in [7, 11) is 1.61. The van der Waals surface area contributed by atoms with Gasteiger partial charge in [0.15, 0.2) is 0 Å². The van der Waals surface area contributed by atoms with Crippen molar-refractivity contribution in [3.05, 3.63) is 72.3 Å². The van der Waals surface area contributed by atoms with Crippen molar-refractivity contribution in [1.82, 2.24) is 0 Å². The molecule has 1 N–H and O–H groups in total. The minimum Gasteiger partial charge on any atom is -0.495 e. The lowest BCUT2D eigenvalue weighted by Gasteiger charge is -2.10. The Kier molecular flexibility index (Phi) is 4.79. The highest BCUT2D eigenvalue weighted by atomic mass is 16.5. The van der Waals surface area contributed by atoms with Gasteiger partial charge in [0.25, 0.3) is 0 Å². The summed E-state index contributed by atoms with van der Waals surface area (Å²) in [5.74, 6) is 0.602. The van der Waals surface area contributed by atoms with Crippen LogP contribution in [0.4, 0.5) is 5.69 Å². The van der Waals surface area contributed by atoms with E-state index in [1.165, 1.54) is 5.56 Å². The standard InChI is InChI=1S/C23H21NO3/c1-26-22-14-18-17-11-5-6-12-20(17)27-21(18)15-19(22)24-23(25)13-7-10-16-8-3-2-4-9-16/h2-6,8-9,11-12,14-15H,7,10,13H2,1H3,(H,24,25). The van der Waals surface area contributed by atoms with Crippen LogP contribution >= 0.6 is 0 Å². The number of para-hydroxylation sites is 1. The summed E-state index contributed by atoms with van der Waals surface area (Å²) in [6.45, 7) is 0. The first-order chi connectivity index (χ1) is 13.2. The van der Waals surface area contributed by atoms with Gasteiger partial charge in [-0.3, -0.25) is 4.79 Å². The largest absolute Gasteiger partial charge is 0.495 e. The van der Waals surface area contributed by atoms with Gasteiger partial charge in [0.05, 0.1) is 12.8 Å². The number of carbonyl (C=O) groups is 1. The third-order valence-corrected chi connectivity index (χ3v) is 4.69. The zero-order chi connectivity index (χ0) is 18.6. The van der Waals surface area contributed by atoms with Gasteiger partial charge in [0.2, 0.25) is 5.91 Å². The van der Waals surface area contributed by atoms with Crippen molar-refractivity contribution < 1.29 is 13.9 Å². The van der Waals surface area contributed by atoms with E-state index in [0.29, 0.717) is 17.9 Å². The number of anilines is 1. The van der Waals surface area contributed by atoms with Crippen LogP contribution in [0.15, 0.2) is 71.1 Å². The van der Waals surface area contributed by atoms with Crippen molar-refractivity contribution in [2.24, 2.45) is 0 Å². The minimum atomic E-state index is -0.0281. The van der Waals surface area contributed by atoms with Crippen LogP contribution in [-0.2, 0) is 11.2 Å². The van der Waals surface area contributed by atoms with Gasteiger partial charge >= 0.3 is 0 Å². The Labute approximate surface area is 157 Å². The summed E-state index contributed by atoms with van der Waals surface area (Å²) in [6.07, 6.45) is 2.13. The molecule has 4 aromatic rings. The molecule has 0 aliphatic carbocycles. The topological polar surface area (TPSA) is 51.5 Å². The lowest BCUT2D eigenvalue weighted by atomic mass is 10.1. The average Bonchev–Trinajstić information content (AvgIpc) is 3.05. The number of nitrogens with one attached hydrogen (secondary N) is 1. The number of ether oxygens (including phenoxy) is 1. The summed E-state index contributed by atoms with van der Waals surface area (Å²) in [5, 5.41) is 4.97. The molecule has 1 aromatic heterocycles. The molecule has 27 heavy (non-hydrogen) atoms. The monoisotopic (exact) mass is 359 g/mol. The molecule has 136 valence electrons. The molecule has 0 unspecified atom stereocenters.